The molecule has 0 aliphatic heterocycles. The van der Waals surface area contributed by atoms with Gasteiger partial charge < -0.3 is 9.84 Å². The van der Waals surface area contributed by atoms with E-state index in [1.54, 1.807) is 0 Å². The van der Waals surface area contributed by atoms with Gasteiger partial charge in [0, 0.05) is 18.8 Å². The molecule has 7 atom stereocenters. The zero-order valence-electron chi connectivity index (χ0n) is 16.4. The average Bonchev–Trinajstić information content (AvgIpc) is 2.87. The molecule has 4 aliphatic carbocycles. The first kappa shape index (κ1) is 18.1. The van der Waals surface area contributed by atoms with E-state index in [0.29, 0.717) is 17.8 Å². The van der Waals surface area contributed by atoms with Gasteiger partial charge in [-0.25, -0.2) is 0 Å². The van der Waals surface area contributed by atoms with Gasteiger partial charge in [-0.15, -0.1) is 6.42 Å². The van der Waals surface area contributed by atoms with E-state index in [1.165, 1.54) is 12.5 Å². The summed E-state index contributed by atoms with van der Waals surface area (Å²) in [6.45, 7) is 6.18. The Balaban J connectivity index is 1.61. The Bertz CT molecular complexity index is 688. The van der Waals surface area contributed by atoms with Crippen molar-refractivity contribution < 1.29 is 14.6 Å². The molecule has 4 rings (SSSR count). The number of fused-ring (bicyclic) bond motifs is 5. The summed E-state index contributed by atoms with van der Waals surface area (Å²) in [6.07, 6.45) is 16.3. The molecule has 0 amide bonds. The second kappa shape index (κ2) is 5.86. The molecule has 0 aromatic rings. The quantitative estimate of drug-likeness (QED) is 0.434. The topological polar surface area (TPSA) is 46.5 Å². The molecule has 3 heteroatoms. The minimum absolute atomic E-state index is 0.0512. The van der Waals surface area contributed by atoms with Gasteiger partial charge in [0.25, 0.3) is 0 Å². The van der Waals surface area contributed by atoms with E-state index < -0.39 is 5.60 Å². The number of hydrogen-bond donors (Lipinski definition) is 1. The molecule has 26 heavy (non-hydrogen) atoms. The third-order valence-electron chi connectivity index (χ3n) is 8.78. The maximum atomic E-state index is 11.3. The minimum atomic E-state index is -0.930. The highest BCUT2D eigenvalue weighted by atomic mass is 16.5. The SMILES string of the molecule is C#C[C@]1(O)CC[C@@H]2[C@H]3CC=C4C[C@@H](OC(C)=O)CC[C@]4(C)[C@@H]3CC[C@]21C. The van der Waals surface area contributed by atoms with E-state index in [9.17, 15) is 9.90 Å². The van der Waals surface area contributed by atoms with Crippen LogP contribution in [0.4, 0.5) is 0 Å². The minimum Gasteiger partial charge on any atom is -0.462 e. The van der Waals surface area contributed by atoms with Gasteiger partial charge in [0.15, 0.2) is 0 Å². The molecule has 4 aliphatic rings. The van der Waals surface area contributed by atoms with Crippen LogP contribution < -0.4 is 0 Å². The molecule has 0 unspecified atom stereocenters. The third-order valence-corrected chi connectivity index (χ3v) is 8.78. The summed E-state index contributed by atoms with van der Waals surface area (Å²) in [5.41, 5.74) is 0.655. The highest BCUT2D eigenvalue weighted by molar-refractivity contribution is 5.66. The highest BCUT2D eigenvalue weighted by Crippen LogP contribution is 2.67. The molecule has 1 N–H and O–H groups in total. The fourth-order valence-electron chi connectivity index (χ4n) is 7.22. The van der Waals surface area contributed by atoms with E-state index in [1.807, 2.05) is 0 Å². The molecular weight excluding hydrogens is 324 g/mol. The van der Waals surface area contributed by atoms with Crippen LogP contribution in [0, 0.1) is 40.9 Å². The lowest BCUT2D eigenvalue weighted by molar-refractivity contribution is -0.149. The zero-order valence-corrected chi connectivity index (χ0v) is 16.4. The van der Waals surface area contributed by atoms with Crippen molar-refractivity contribution in [2.75, 3.05) is 0 Å². The molecule has 0 radical (unpaired) electrons. The van der Waals surface area contributed by atoms with E-state index in [-0.39, 0.29) is 22.9 Å². The molecule has 0 saturated heterocycles. The Hall–Kier alpha value is -1.27. The molecule has 0 spiro atoms. The largest absolute Gasteiger partial charge is 0.462 e. The van der Waals surface area contributed by atoms with E-state index in [4.69, 9.17) is 11.2 Å². The van der Waals surface area contributed by atoms with Crippen molar-refractivity contribution in [3.8, 4) is 12.3 Å². The normalized spacial score (nSPS) is 49.9. The van der Waals surface area contributed by atoms with Gasteiger partial charge >= 0.3 is 5.97 Å². The number of rotatable bonds is 1. The predicted octanol–water partition coefficient (Wildman–Crippen LogP) is 4.25. The summed E-state index contributed by atoms with van der Waals surface area (Å²) in [7, 11) is 0. The van der Waals surface area contributed by atoms with Gasteiger partial charge in [-0.1, -0.05) is 31.4 Å². The van der Waals surface area contributed by atoms with Gasteiger partial charge in [-0.3, -0.25) is 4.79 Å². The summed E-state index contributed by atoms with van der Waals surface area (Å²) in [5, 5.41) is 11.1. The number of aliphatic hydroxyl groups is 1. The van der Waals surface area contributed by atoms with Gasteiger partial charge in [0.05, 0.1) is 0 Å². The van der Waals surface area contributed by atoms with Crippen LogP contribution in [0.3, 0.4) is 0 Å². The molecule has 0 aromatic heterocycles. The molecule has 3 saturated carbocycles. The second-order valence-corrected chi connectivity index (χ2v) is 9.73. The lowest BCUT2D eigenvalue weighted by Crippen LogP contribution is -2.54. The smallest absolute Gasteiger partial charge is 0.302 e. The number of carbonyl (C=O) groups excluding carboxylic acids is 1. The van der Waals surface area contributed by atoms with Crippen LogP contribution in [-0.2, 0) is 9.53 Å². The molecule has 0 bridgehead atoms. The number of esters is 1. The van der Waals surface area contributed by atoms with Gasteiger partial charge in [-0.05, 0) is 68.1 Å². The molecule has 3 nitrogen and oxygen atoms in total. The van der Waals surface area contributed by atoms with Crippen molar-refractivity contribution in [1.29, 1.82) is 0 Å². The summed E-state index contributed by atoms with van der Waals surface area (Å²) in [5.74, 6) is 4.39. The molecule has 3 fully saturated rings. The second-order valence-electron chi connectivity index (χ2n) is 9.73. The fourth-order valence-corrected chi connectivity index (χ4v) is 7.22. The van der Waals surface area contributed by atoms with Crippen LogP contribution in [0.25, 0.3) is 0 Å². The Morgan fingerprint density at radius 3 is 2.65 bits per heavy atom. The van der Waals surface area contributed by atoms with Crippen molar-refractivity contribution in [3.05, 3.63) is 11.6 Å². The van der Waals surface area contributed by atoms with Crippen molar-refractivity contribution >= 4 is 5.97 Å². The van der Waals surface area contributed by atoms with Crippen LogP contribution in [0.5, 0.6) is 0 Å². The third kappa shape index (κ3) is 2.34. The first-order valence-electron chi connectivity index (χ1n) is 10.3. The van der Waals surface area contributed by atoms with Crippen molar-refractivity contribution in [3.63, 3.8) is 0 Å². The number of ether oxygens (including phenoxy) is 1. The molecule has 0 aromatic carbocycles. The maximum absolute atomic E-state index is 11.3. The summed E-state index contributed by atoms with van der Waals surface area (Å²) < 4.78 is 5.51. The number of carbonyl (C=O) groups is 1. The number of allylic oxidation sites excluding steroid dienone is 1. The van der Waals surface area contributed by atoms with E-state index >= 15 is 0 Å². The zero-order chi connectivity index (χ0) is 18.7. The maximum Gasteiger partial charge on any atom is 0.302 e. The standard InChI is InChI=1S/C23H32O3/c1-5-23(25)13-10-20-18-7-6-16-14-17(26-15(2)24)8-11-21(16,3)19(18)9-12-22(20,23)4/h1,6,17-20,25H,7-14H2,2-4H3/t17-,18-,19+,20+,21-,22+,23-/m0/s1. The van der Waals surface area contributed by atoms with Crippen molar-refractivity contribution in [2.45, 2.75) is 83.8 Å². The molecule has 0 heterocycles. The predicted molar refractivity (Wildman–Crippen MR) is 101 cm³/mol. The van der Waals surface area contributed by atoms with E-state index in [0.717, 1.165) is 51.4 Å². The molecule has 142 valence electrons. The number of hydrogen-bond acceptors (Lipinski definition) is 3. The first-order valence-corrected chi connectivity index (χ1v) is 10.3. The average molecular weight is 357 g/mol. The van der Waals surface area contributed by atoms with Crippen LogP contribution in [0.15, 0.2) is 11.6 Å². The highest BCUT2D eigenvalue weighted by Gasteiger charge is 2.63. The summed E-state index contributed by atoms with van der Waals surface area (Å²) >= 11 is 0. The lowest BCUT2D eigenvalue weighted by atomic mass is 9.47. The lowest BCUT2D eigenvalue weighted by Gasteiger charge is -2.58. The van der Waals surface area contributed by atoms with E-state index in [2.05, 4.69) is 25.8 Å². The Kier molecular flexibility index (Phi) is 4.08. The Labute approximate surface area is 157 Å². The van der Waals surface area contributed by atoms with Crippen LogP contribution in [0.2, 0.25) is 0 Å². The molecular formula is C23H32O3. The summed E-state index contributed by atoms with van der Waals surface area (Å²) in [4.78, 5) is 11.3. The van der Waals surface area contributed by atoms with Crippen LogP contribution >= 0.6 is 0 Å². The van der Waals surface area contributed by atoms with Crippen LogP contribution in [-0.4, -0.2) is 22.8 Å². The monoisotopic (exact) mass is 356 g/mol. The summed E-state index contributed by atoms with van der Waals surface area (Å²) in [6, 6.07) is 0. The van der Waals surface area contributed by atoms with Crippen LogP contribution in [0.1, 0.15) is 72.1 Å². The van der Waals surface area contributed by atoms with Crippen molar-refractivity contribution in [2.24, 2.45) is 28.6 Å². The van der Waals surface area contributed by atoms with Gasteiger partial charge in [0.1, 0.15) is 11.7 Å². The fraction of sp³-hybridized carbons (Fsp3) is 0.783. The first-order chi connectivity index (χ1) is 12.2. The van der Waals surface area contributed by atoms with Gasteiger partial charge in [0.2, 0.25) is 0 Å². The van der Waals surface area contributed by atoms with Crippen molar-refractivity contribution in [1.82, 2.24) is 0 Å². The Morgan fingerprint density at radius 1 is 1.23 bits per heavy atom. The van der Waals surface area contributed by atoms with Gasteiger partial charge in [-0.2, -0.15) is 0 Å². The number of terminal acetylenes is 1. The Morgan fingerprint density at radius 2 is 1.96 bits per heavy atom.